The summed E-state index contributed by atoms with van der Waals surface area (Å²) in [5.41, 5.74) is 4.71. The summed E-state index contributed by atoms with van der Waals surface area (Å²) >= 11 is 1.29. The van der Waals surface area contributed by atoms with E-state index >= 15 is 0 Å². The van der Waals surface area contributed by atoms with Crippen LogP contribution in [0.25, 0.3) is 6.08 Å². The van der Waals surface area contributed by atoms with Gasteiger partial charge in [-0.3, -0.25) is 9.59 Å². The second kappa shape index (κ2) is 10.6. The van der Waals surface area contributed by atoms with Gasteiger partial charge in [0.05, 0.1) is 28.4 Å². The lowest BCUT2D eigenvalue weighted by atomic mass is 10.1. The number of methoxy groups -OCH3 is 1. The van der Waals surface area contributed by atoms with Crippen LogP contribution in [0.3, 0.4) is 0 Å². The number of amides is 1. The van der Waals surface area contributed by atoms with Gasteiger partial charge in [-0.2, -0.15) is 0 Å². The van der Waals surface area contributed by atoms with Crippen LogP contribution in [-0.4, -0.2) is 33.9 Å². The summed E-state index contributed by atoms with van der Waals surface area (Å²) in [5, 5.41) is 5.78. The number of carbonyl (C=O) groups excluding carboxylic acids is 2. The zero-order valence-corrected chi connectivity index (χ0v) is 21.8. The van der Waals surface area contributed by atoms with Crippen LogP contribution in [0.2, 0.25) is 0 Å². The molecule has 4 rings (SSSR count). The van der Waals surface area contributed by atoms with Gasteiger partial charge in [-0.1, -0.05) is 42.1 Å². The van der Waals surface area contributed by atoms with E-state index in [1.165, 1.54) is 24.9 Å². The first kappa shape index (κ1) is 25.5. The Kier molecular flexibility index (Phi) is 7.51. The number of nitrogens with one attached hydrogen (secondary N) is 2. The van der Waals surface area contributed by atoms with Crippen molar-refractivity contribution in [1.82, 2.24) is 0 Å². The minimum absolute atomic E-state index is 0.0637. The topological polar surface area (TPSA) is 102 Å². The molecule has 1 amide bonds. The number of carbonyl (C=O) groups is 2. The van der Waals surface area contributed by atoms with Crippen molar-refractivity contribution in [2.24, 2.45) is 0 Å². The van der Waals surface area contributed by atoms with Gasteiger partial charge in [-0.15, -0.1) is 0 Å². The number of anilines is 2. The molecule has 9 heteroatoms. The molecule has 1 aliphatic heterocycles. The van der Waals surface area contributed by atoms with E-state index < -0.39 is 9.84 Å². The van der Waals surface area contributed by atoms with E-state index in [0.717, 1.165) is 32.8 Å². The highest BCUT2D eigenvalue weighted by Crippen LogP contribution is 2.40. The maximum absolute atomic E-state index is 13.1. The number of hydrogen-bond donors (Lipinski definition) is 2. The van der Waals surface area contributed by atoms with E-state index in [-0.39, 0.29) is 29.1 Å². The van der Waals surface area contributed by atoms with E-state index in [0.29, 0.717) is 10.6 Å². The Morgan fingerprint density at radius 1 is 1.06 bits per heavy atom. The minimum Gasteiger partial charge on any atom is -0.468 e. The van der Waals surface area contributed by atoms with Crippen LogP contribution in [0.5, 0.6) is 0 Å². The molecular formula is C27H26N2O5S2. The van der Waals surface area contributed by atoms with Crippen molar-refractivity contribution in [2.45, 2.75) is 29.4 Å². The molecule has 36 heavy (non-hydrogen) atoms. The molecular weight excluding hydrogens is 496 g/mol. The van der Waals surface area contributed by atoms with Gasteiger partial charge in [0, 0.05) is 10.6 Å². The zero-order chi connectivity index (χ0) is 25.9. The lowest BCUT2D eigenvalue weighted by Crippen LogP contribution is -2.18. The maximum Gasteiger partial charge on any atom is 0.325 e. The molecule has 0 radical (unpaired) electrons. The zero-order valence-electron chi connectivity index (χ0n) is 20.1. The van der Waals surface area contributed by atoms with Gasteiger partial charge in [-0.05, 0) is 72.5 Å². The average Bonchev–Trinajstić information content (AvgIpc) is 2.86. The molecule has 0 unspecified atom stereocenters. The molecule has 1 aliphatic rings. The minimum atomic E-state index is -3.60. The third-order valence-electron chi connectivity index (χ3n) is 5.85. The fraction of sp³-hybridized carbons (Fsp3) is 0.185. The quantitative estimate of drug-likeness (QED) is 0.334. The van der Waals surface area contributed by atoms with E-state index in [9.17, 15) is 18.0 Å². The van der Waals surface area contributed by atoms with Gasteiger partial charge in [0.25, 0.3) is 5.91 Å². The van der Waals surface area contributed by atoms with Crippen molar-refractivity contribution in [3.05, 3.63) is 87.8 Å². The highest BCUT2D eigenvalue weighted by Gasteiger charge is 2.25. The van der Waals surface area contributed by atoms with E-state index in [2.05, 4.69) is 15.4 Å². The third kappa shape index (κ3) is 5.80. The molecule has 0 saturated heterocycles. The highest BCUT2D eigenvalue weighted by atomic mass is 32.2. The third-order valence-corrected chi connectivity index (χ3v) is 8.59. The van der Waals surface area contributed by atoms with Crippen molar-refractivity contribution >= 4 is 50.9 Å². The summed E-state index contributed by atoms with van der Waals surface area (Å²) in [6.45, 7) is 3.87. The number of rotatable bonds is 7. The predicted molar refractivity (Wildman–Crippen MR) is 143 cm³/mol. The first-order valence-corrected chi connectivity index (χ1v) is 13.7. The van der Waals surface area contributed by atoms with Gasteiger partial charge < -0.3 is 15.4 Å². The van der Waals surface area contributed by atoms with Gasteiger partial charge in [0.15, 0.2) is 9.84 Å². The molecule has 3 aromatic rings. The van der Waals surface area contributed by atoms with E-state index in [1.54, 1.807) is 18.2 Å². The molecule has 0 atom stereocenters. The number of fused-ring (bicyclic) bond motifs is 1. The Balaban J connectivity index is 1.51. The molecule has 0 aliphatic carbocycles. The van der Waals surface area contributed by atoms with Crippen LogP contribution >= 0.6 is 11.8 Å². The van der Waals surface area contributed by atoms with Crippen LogP contribution in [0.15, 0.2) is 75.4 Å². The standard InChI is InChI=1S/C27H26N2O5S2/c1-17-5-4-6-18(2)22(17)16-36(32,33)21-11-12-24-23(14-21)29-27(31)25(35-24)13-19-7-9-20(10-8-19)28-15-26(30)34-3/h4-14,28H,15-16H2,1-3H3,(H,29,31)/b25-13-. The van der Waals surface area contributed by atoms with Crippen LogP contribution in [0.4, 0.5) is 11.4 Å². The number of esters is 1. The SMILES string of the molecule is COC(=O)CNc1ccc(/C=C2\Sc3ccc(S(=O)(=O)Cc4c(C)cccc4C)cc3NC2=O)cc1. The Hall–Kier alpha value is -3.56. The largest absolute Gasteiger partial charge is 0.468 e. The lowest BCUT2D eigenvalue weighted by Gasteiger charge is -2.20. The smallest absolute Gasteiger partial charge is 0.325 e. The molecule has 186 valence electrons. The number of hydrogen-bond acceptors (Lipinski definition) is 7. The van der Waals surface area contributed by atoms with Gasteiger partial charge >= 0.3 is 5.97 Å². The maximum atomic E-state index is 13.1. The first-order valence-electron chi connectivity index (χ1n) is 11.2. The molecule has 0 bridgehead atoms. The summed E-state index contributed by atoms with van der Waals surface area (Å²) in [4.78, 5) is 25.5. The monoisotopic (exact) mass is 522 g/mol. The van der Waals surface area contributed by atoms with Crippen molar-refractivity contribution in [3.63, 3.8) is 0 Å². The van der Waals surface area contributed by atoms with Gasteiger partial charge in [0.1, 0.15) is 6.54 Å². The van der Waals surface area contributed by atoms with E-state index in [1.807, 2.05) is 56.3 Å². The second-order valence-electron chi connectivity index (χ2n) is 8.40. The normalized spacial score (nSPS) is 14.2. The van der Waals surface area contributed by atoms with Crippen LogP contribution in [-0.2, 0) is 29.9 Å². The van der Waals surface area contributed by atoms with Gasteiger partial charge in [-0.25, -0.2) is 8.42 Å². The molecule has 3 aromatic carbocycles. The Morgan fingerprint density at radius 3 is 2.42 bits per heavy atom. The Bertz CT molecular complexity index is 1440. The fourth-order valence-corrected chi connectivity index (χ4v) is 6.28. The van der Waals surface area contributed by atoms with E-state index in [4.69, 9.17) is 0 Å². The molecule has 1 heterocycles. The highest BCUT2D eigenvalue weighted by molar-refractivity contribution is 8.04. The van der Waals surface area contributed by atoms with Crippen LogP contribution in [0.1, 0.15) is 22.3 Å². The molecule has 0 fully saturated rings. The molecule has 0 spiro atoms. The summed E-state index contributed by atoms with van der Waals surface area (Å²) in [5.74, 6) is -0.762. The summed E-state index contributed by atoms with van der Waals surface area (Å²) < 4.78 is 30.9. The molecule has 0 saturated carbocycles. The number of benzene rings is 3. The first-order chi connectivity index (χ1) is 17.2. The number of thioether (sulfide) groups is 1. The summed E-state index contributed by atoms with van der Waals surface area (Å²) in [6.07, 6.45) is 1.76. The van der Waals surface area contributed by atoms with Crippen molar-refractivity contribution < 1.29 is 22.7 Å². The predicted octanol–water partition coefficient (Wildman–Crippen LogP) is 4.95. The van der Waals surface area contributed by atoms with Crippen molar-refractivity contribution in [3.8, 4) is 0 Å². The molecule has 2 N–H and O–H groups in total. The second-order valence-corrected chi connectivity index (χ2v) is 11.5. The summed E-state index contributed by atoms with van der Waals surface area (Å²) in [7, 11) is -2.27. The van der Waals surface area contributed by atoms with Gasteiger partial charge in [0.2, 0.25) is 0 Å². The fourth-order valence-electron chi connectivity index (χ4n) is 3.78. The molecule has 0 aromatic heterocycles. The number of ether oxygens (including phenoxy) is 1. The van der Waals surface area contributed by atoms with Crippen LogP contribution < -0.4 is 10.6 Å². The van der Waals surface area contributed by atoms with Crippen LogP contribution in [0, 0.1) is 13.8 Å². The Labute approximate surface area is 214 Å². The Morgan fingerprint density at radius 2 is 1.75 bits per heavy atom. The number of sulfone groups is 1. The van der Waals surface area contributed by atoms with Crippen molar-refractivity contribution in [2.75, 3.05) is 24.3 Å². The van der Waals surface area contributed by atoms with Crippen molar-refractivity contribution in [1.29, 1.82) is 0 Å². The average molecular weight is 523 g/mol. The lowest BCUT2D eigenvalue weighted by molar-refractivity contribution is -0.138. The summed E-state index contributed by atoms with van der Waals surface area (Å²) in [6, 6.07) is 17.8. The number of aryl methyl sites for hydroxylation is 2. The molecule has 7 nitrogen and oxygen atoms in total.